The number of hydrogen-bond acceptors (Lipinski definition) is 3. The molecule has 0 bridgehead atoms. The largest absolute Gasteiger partial charge is 0.383 e. The average Bonchev–Trinajstić information content (AvgIpc) is 2.85. The van der Waals surface area contributed by atoms with Crippen LogP contribution in [-0.4, -0.2) is 50.1 Å². The minimum atomic E-state index is -0.0429. The monoisotopic (exact) mass is 304 g/mol. The molecule has 1 fully saturated rings. The Kier molecular flexibility index (Phi) is 5.95. The van der Waals surface area contributed by atoms with E-state index in [2.05, 4.69) is 5.32 Å². The number of ether oxygens (including phenoxy) is 1. The summed E-state index contributed by atoms with van der Waals surface area (Å²) in [6.07, 6.45) is 1.30. The fraction of sp³-hybridized carbons (Fsp3) is 0.529. The predicted octanol–water partition coefficient (Wildman–Crippen LogP) is 1.47. The van der Waals surface area contributed by atoms with Crippen molar-refractivity contribution in [1.82, 2.24) is 10.2 Å². The molecule has 1 N–H and O–H groups in total. The second-order valence-corrected chi connectivity index (χ2v) is 5.62. The van der Waals surface area contributed by atoms with Crippen molar-refractivity contribution >= 4 is 11.8 Å². The highest BCUT2D eigenvalue weighted by Gasteiger charge is 2.29. The average molecular weight is 304 g/mol. The minimum absolute atomic E-state index is 0.0429. The van der Waals surface area contributed by atoms with E-state index >= 15 is 0 Å². The normalized spacial score (nSPS) is 17.8. The van der Waals surface area contributed by atoms with Gasteiger partial charge in [-0.3, -0.25) is 9.59 Å². The lowest BCUT2D eigenvalue weighted by Crippen LogP contribution is -2.29. The van der Waals surface area contributed by atoms with Crippen LogP contribution in [0.3, 0.4) is 0 Å². The summed E-state index contributed by atoms with van der Waals surface area (Å²) in [5, 5.41) is 2.84. The summed E-state index contributed by atoms with van der Waals surface area (Å²) >= 11 is 0. The summed E-state index contributed by atoms with van der Waals surface area (Å²) < 4.78 is 5.04. The van der Waals surface area contributed by atoms with Crippen LogP contribution in [0.5, 0.6) is 0 Å². The van der Waals surface area contributed by atoms with Gasteiger partial charge in [-0.25, -0.2) is 0 Å². The summed E-state index contributed by atoms with van der Waals surface area (Å²) in [5.74, 6) is 0.399. The summed E-state index contributed by atoms with van der Waals surface area (Å²) in [4.78, 5) is 25.9. The smallest absolute Gasteiger partial charge is 0.251 e. The molecule has 2 amide bonds. The molecule has 1 aliphatic rings. The van der Waals surface area contributed by atoms with Crippen molar-refractivity contribution in [3.05, 3.63) is 35.4 Å². The van der Waals surface area contributed by atoms with E-state index in [4.69, 9.17) is 4.74 Å². The number of carbonyl (C=O) groups is 2. The Morgan fingerprint density at radius 2 is 2.18 bits per heavy atom. The molecule has 5 heteroatoms. The standard InChI is InChI=1S/C17H24N2O3/c1-3-18-17(21)15-7-5-4-6-14(15)10-13-11-16(20)19(12-13)8-9-22-2/h4-7,13H,3,8-12H2,1-2H3,(H,18,21)/t13-/m1/s1. The maximum atomic E-state index is 12.1. The molecular weight excluding hydrogens is 280 g/mol. The number of benzene rings is 1. The Morgan fingerprint density at radius 3 is 2.91 bits per heavy atom. The molecule has 120 valence electrons. The maximum Gasteiger partial charge on any atom is 0.251 e. The van der Waals surface area contributed by atoms with Crippen LogP contribution in [0, 0.1) is 5.92 Å². The molecule has 5 nitrogen and oxygen atoms in total. The lowest BCUT2D eigenvalue weighted by molar-refractivity contribution is -0.128. The molecule has 0 spiro atoms. The van der Waals surface area contributed by atoms with Crippen molar-refractivity contribution in [3.63, 3.8) is 0 Å². The molecular formula is C17H24N2O3. The third-order valence-corrected chi connectivity index (χ3v) is 3.97. The quantitative estimate of drug-likeness (QED) is 0.830. The van der Waals surface area contributed by atoms with E-state index in [1.807, 2.05) is 36.1 Å². The molecule has 1 atom stereocenters. The number of rotatable bonds is 7. The minimum Gasteiger partial charge on any atom is -0.383 e. The van der Waals surface area contributed by atoms with Gasteiger partial charge in [0.05, 0.1) is 6.61 Å². The van der Waals surface area contributed by atoms with Crippen LogP contribution in [0.25, 0.3) is 0 Å². The van der Waals surface area contributed by atoms with Crippen molar-refractivity contribution in [2.24, 2.45) is 5.92 Å². The number of amides is 2. The van der Waals surface area contributed by atoms with E-state index in [1.54, 1.807) is 7.11 Å². The number of hydrogen-bond donors (Lipinski definition) is 1. The molecule has 0 radical (unpaired) electrons. The summed E-state index contributed by atoms with van der Waals surface area (Å²) in [6, 6.07) is 7.64. The summed E-state index contributed by atoms with van der Waals surface area (Å²) in [5.41, 5.74) is 1.73. The molecule has 1 aromatic rings. The molecule has 0 saturated carbocycles. The van der Waals surface area contributed by atoms with Gasteiger partial charge in [-0.05, 0) is 30.9 Å². The molecule has 1 heterocycles. The van der Waals surface area contributed by atoms with E-state index in [-0.39, 0.29) is 17.7 Å². The topological polar surface area (TPSA) is 58.6 Å². The Bertz CT molecular complexity index is 530. The van der Waals surface area contributed by atoms with Gasteiger partial charge in [0, 0.05) is 38.7 Å². The van der Waals surface area contributed by atoms with Crippen molar-refractivity contribution < 1.29 is 14.3 Å². The molecule has 0 aromatic heterocycles. The Morgan fingerprint density at radius 1 is 1.41 bits per heavy atom. The number of carbonyl (C=O) groups excluding carboxylic acids is 2. The second kappa shape index (κ2) is 7.94. The second-order valence-electron chi connectivity index (χ2n) is 5.62. The number of methoxy groups -OCH3 is 1. The Labute approximate surface area is 131 Å². The van der Waals surface area contributed by atoms with E-state index in [0.717, 1.165) is 18.5 Å². The zero-order chi connectivity index (χ0) is 15.9. The Balaban J connectivity index is 2.02. The fourth-order valence-electron chi connectivity index (χ4n) is 2.89. The number of nitrogens with one attached hydrogen (secondary N) is 1. The van der Waals surface area contributed by atoms with Gasteiger partial charge in [0.15, 0.2) is 0 Å². The zero-order valence-corrected chi connectivity index (χ0v) is 13.3. The van der Waals surface area contributed by atoms with E-state index in [0.29, 0.717) is 31.7 Å². The molecule has 0 aliphatic carbocycles. The molecule has 1 saturated heterocycles. The third-order valence-electron chi connectivity index (χ3n) is 3.97. The van der Waals surface area contributed by atoms with Gasteiger partial charge < -0.3 is 15.0 Å². The first kappa shape index (κ1) is 16.5. The molecule has 0 unspecified atom stereocenters. The van der Waals surface area contributed by atoms with Crippen LogP contribution in [0.15, 0.2) is 24.3 Å². The van der Waals surface area contributed by atoms with Crippen LogP contribution >= 0.6 is 0 Å². The molecule has 1 aromatic carbocycles. The van der Waals surface area contributed by atoms with Gasteiger partial charge in [0.25, 0.3) is 5.91 Å². The van der Waals surface area contributed by atoms with Crippen molar-refractivity contribution in [1.29, 1.82) is 0 Å². The summed E-state index contributed by atoms with van der Waals surface area (Å²) in [6.45, 7) is 4.47. The first-order valence-corrected chi connectivity index (χ1v) is 7.78. The van der Waals surface area contributed by atoms with Crippen LogP contribution in [0.2, 0.25) is 0 Å². The zero-order valence-electron chi connectivity index (χ0n) is 13.3. The highest BCUT2D eigenvalue weighted by atomic mass is 16.5. The van der Waals surface area contributed by atoms with Gasteiger partial charge in [-0.1, -0.05) is 18.2 Å². The lowest BCUT2D eigenvalue weighted by Gasteiger charge is -2.16. The van der Waals surface area contributed by atoms with Crippen LogP contribution < -0.4 is 5.32 Å². The van der Waals surface area contributed by atoms with Gasteiger partial charge in [0.2, 0.25) is 5.91 Å². The predicted molar refractivity (Wildman–Crippen MR) is 84.7 cm³/mol. The van der Waals surface area contributed by atoms with Gasteiger partial charge >= 0.3 is 0 Å². The van der Waals surface area contributed by atoms with Crippen molar-refractivity contribution in [2.75, 3.05) is 33.4 Å². The van der Waals surface area contributed by atoms with E-state index in [9.17, 15) is 9.59 Å². The maximum absolute atomic E-state index is 12.1. The van der Waals surface area contributed by atoms with Gasteiger partial charge in [-0.2, -0.15) is 0 Å². The van der Waals surface area contributed by atoms with Gasteiger partial charge in [0.1, 0.15) is 0 Å². The summed E-state index contributed by atoms with van der Waals surface area (Å²) in [7, 11) is 1.64. The van der Waals surface area contributed by atoms with Crippen molar-refractivity contribution in [2.45, 2.75) is 19.8 Å². The van der Waals surface area contributed by atoms with E-state index in [1.165, 1.54) is 0 Å². The van der Waals surface area contributed by atoms with Gasteiger partial charge in [-0.15, -0.1) is 0 Å². The van der Waals surface area contributed by atoms with Crippen molar-refractivity contribution in [3.8, 4) is 0 Å². The highest BCUT2D eigenvalue weighted by molar-refractivity contribution is 5.95. The van der Waals surface area contributed by atoms with E-state index < -0.39 is 0 Å². The fourth-order valence-corrected chi connectivity index (χ4v) is 2.89. The molecule has 1 aliphatic heterocycles. The number of likely N-dealkylation sites (tertiary alicyclic amines) is 1. The van der Waals surface area contributed by atoms with Crippen LogP contribution in [0.4, 0.5) is 0 Å². The SMILES string of the molecule is CCNC(=O)c1ccccc1C[C@@H]1CC(=O)N(CCOC)C1. The third kappa shape index (κ3) is 4.07. The molecule has 22 heavy (non-hydrogen) atoms. The van der Waals surface area contributed by atoms with Crippen LogP contribution in [0.1, 0.15) is 29.3 Å². The molecule has 2 rings (SSSR count). The highest BCUT2D eigenvalue weighted by Crippen LogP contribution is 2.23. The lowest BCUT2D eigenvalue weighted by atomic mass is 9.94. The Hall–Kier alpha value is -1.88. The number of nitrogens with zero attached hydrogens (tertiary/aromatic N) is 1. The van der Waals surface area contributed by atoms with Crippen LogP contribution in [-0.2, 0) is 16.0 Å². The first-order valence-electron chi connectivity index (χ1n) is 7.78. The first-order chi connectivity index (χ1) is 10.7.